The molecule has 4 nitrogen and oxygen atoms in total. The summed E-state index contributed by atoms with van der Waals surface area (Å²) in [5, 5.41) is 10.8. The zero-order valence-corrected chi connectivity index (χ0v) is 15.9. The van der Waals surface area contributed by atoms with Crippen molar-refractivity contribution >= 4 is 18.1 Å². The fourth-order valence-electron chi connectivity index (χ4n) is 3.19. The van der Waals surface area contributed by atoms with Crippen molar-refractivity contribution in [1.29, 1.82) is 0 Å². The molecule has 2 aromatic rings. The minimum atomic E-state index is -0.353. The molecule has 2 rings (SSSR count). The Kier molecular flexibility index (Phi) is 8.59. The van der Waals surface area contributed by atoms with Gasteiger partial charge in [-0.05, 0) is 44.4 Å². The van der Waals surface area contributed by atoms with E-state index in [0.717, 1.165) is 24.9 Å². The summed E-state index contributed by atoms with van der Waals surface area (Å²) in [5.41, 5.74) is 2.60. The molecule has 0 saturated carbocycles. The van der Waals surface area contributed by atoms with Crippen LogP contribution in [0.3, 0.4) is 0 Å². The van der Waals surface area contributed by atoms with E-state index in [1.165, 1.54) is 5.56 Å². The normalized spacial score (nSPS) is 13.1. The van der Waals surface area contributed by atoms with Gasteiger partial charge in [-0.25, -0.2) is 0 Å². The van der Waals surface area contributed by atoms with Crippen molar-refractivity contribution < 1.29 is 4.92 Å². The lowest BCUT2D eigenvalue weighted by atomic mass is 10.0. The van der Waals surface area contributed by atoms with Crippen LogP contribution in [0.1, 0.15) is 44.4 Å². The first-order valence-corrected chi connectivity index (χ1v) is 8.57. The van der Waals surface area contributed by atoms with E-state index in [4.69, 9.17) is 0 Å². The van der Waals surface area contributed by atoms with E-state index < -0.39 is 0 Å². The molecular weight excluding hydrogens is 336 g/mol. The number of nitrogens with zero attached hydrogens (tertiary/aromatic N) is 2. The third kappa shape index (κ3) is 5.83. The van der Waals surface area contributed by atoms with Crippen LogP contribution in [0.4, 0.5) is 5.69 Å². The largest absolute Gasteiger partial charge is 0.294 e. The lowest BCUT2D eigenvalue weighted by Gasteiger charge is -2.35. The molecule has 0 saturated heterocycles. The molecule has 0 aromatic heterocycles. The van der Waals surface area contributed by atoms with Gasteiger partial charge in [0.25, 0.3) is 5.69 Å². The van der Waals surface area contributed by atoms with Gasteiger partial charge in [-0.1, -0.05) is 49.4 Å². The molecule has 0 amide bonds. The molecule has 0 aliphatic carbocycles. The summed E-state index contributed by atoms with van der Waals surface area (Å²) in [4.78, 5) is 12.9. The lowest BCUT2D eigenvalue weighted by molar-refractivity contribution is -0.384. The van der Waals surface area contributed by atoms with E-state index in [-0.39, 0.29) is 23.0 Å². The van der Waals surface area contributed by atoms with E-state index in [2.05, 4.69) is 49.9 Å². The van der Waals surface area contributed by atoms with E-state index in [9.17, 15) is 10.1 Å². The molecule has 0 spiro atoms. The number of halogens is 1. The summed E-state index contributed by atoms with van der Waals surface area (Å²) in [5.74, 6) is 0. The van der Waals surface area contributed by atoms with Crippen LogP contribution in [0.15, 0.2) is 54.6 Å². The number of nitro groups is 1. The maximum atomic E-state index is 10.8. The van der Waals surface area contributed by atoms with Crippen molar-refractivity contribution in [3.8, 4) is 0 Å². The molecule has 0 heterocycles. The summed E-state index contributed by atoms with van der Waals surface area (Å²) in [6, 6.07) is 18.2. The Morgan fingerprint density at radius 3 is 2.16 bits per heavy atom. The molecular formula is C20H27ClN2O2. The molecule has 2 aromatic carbocycles. The van der Waals surface area contributed by atoms with E-state index in [1.54, 1.807) is 12.1 Å². The first kappa shape index (κ1) is 21.1. The first-order valence-electron chi connectivity index (χ1n) is 8.57. The van der Waals surface area contributed by atoms with Crippen LogP contribution in [0.2, 0.25) is 0 Å². The van der Waals surface area contributed by atoms with Crippen molar-refractivity contribution in [2.24, 2.45) is 0 Å². The van der Waals surface area contributed by atoms with Crippen LogP contribution in [0, 0.1) is 10.1 Å². The molecule has 25 heavy (non-hydrogen) atoms. The Bertz CT molecular complexity index is 647. The van der Waals surface area contributed by atoms with Crippen LogP contribution in [0.5, 0.6) is 0 Å². The molecule has 0 bridgehead atoms. The number of non-ortho nitro benzene ring substituents is 1. The minimum Gasteiger partial charge on any atom is -0.294 e. The van der Waals surface area contributed by atoms with Gasteiger partial charge in [-0.15, -0.1) is 12.4 Å². The average molecular weight is 363 g/mol. The highest BCUT2D eigenvalue weighted by Crippen LogP contribution is 2.24. The van der Waals surface area contributed by atoms with Crippen LogP contribution in [0.25, 0.3) is 0 Å². The fourth-order valence-corrected chi connectivity index (χ4v) is 3.19. The smallest absolute Gasteiger partial charge is 0.269 e. The Morgan fingerprint density at radius 2 is 1.64 bits per heavy atom. The number of benzene rings is 2. The van der Waals surface area contributed by atoms with E-state index >= 15 is 0 Å². The highest BCUT2D eigenvalue weighted by Gasteiger charge is 2.21. The second kappa shape index (κ2) is 10.2. The SMILES string of the molecule is CCCN(C(C)Cc1ccc([N+](=O)[O-])cc1)C(C)c1ccccc1.Cl. The van der Waals surface area contributed by atoms with Crippen LogP contribution >= 0.6 is 12.4 Å². The third-order valence-corrected chi connectivity index (χ3v) is 4.51. The zero-order valence-electron chi connectivity index (χ0n) is 15.1. The zero-order chi connectivity index (χ0) is 17.5. The lowest BCUT2D eigenvalue weighted by Crippen LogP contribution is -2.37. The summed E-state index contributed by atoms with van der Waals surface area (Å²) in [7, 11) is 0. The van der Waals surface area contributed by atoms with E-state index in [0.29, 0.717) is 12.1 Å². The molecule has 0 fully saturated rings. The van der Waals surface area contributed by atoms with Gasteiger partial charge in [0.1, 0.15) is 0 Å². The van der Waals surface area contributed by atoms with Crippen LogP contribution in [-0.2, 0) is 6.42 Å². The van der Waals surface area contributed by atoms with Crippen molar-refractivity contribution in [1.82, 2.24) is 4.90 Å². The molecule has 0 radical (unpaired) electrons. The summed E-state index contributed by atoms with van der Waals surface area (Å²) in [6.45, 7) is 7.71. The monoisotopic (exact) mass is 362 g/mol. The standard InChI is InChI=1S/C20H26N2O2.ClH/c1-4-14-21(17(3)19-8-6-5-7-9-19)16(2)15-18-10-12-20(13-11-18)22(23)24;/h5-13,16-17H,4,14-15H2,1-3H3;1H. The van der Waals surface area contributed by atoms with Gasteiger partial charge < -0.3 is 0 Å². The van der Waals surface area contributed by atoms with Gasteiger partial charge in [-0.3, -0.25) is 15.0 Å². The average Bonchev–Trinajstić information content (AvgIpc) is 2.60. The van der Waals surface area contributed by atoms with Crippen molar-refractivity contribution in [2.45, 2.75) is 45.7 Å². The number of nitro benzene ring substituents is 1. The van der Waals surface area contributed by atoms with E-state index in [1.807, 2.05) is 18.2 Å². The molecule has 0 aliphatic heterocycles. The highest BCUT2D eigenvalue weighted by molar-refractivity contribution is 5.85. The number of hydrogen-bond donors (Lipinski definition) is 0. The molecule has 0 aliphatic rings. The summed E-state index contributed by atoms with van der Waals surface area (Å²) in [6.07, 6.45) is 1.98. The van der Waals surface area contributed by atoms with Crippen LogP contribution < -0.4 is 0 Å². The maximum absolute atomic E-state index is 10.8. The maximum Gasteiger partial charge on any atom is 0.269 e. The van der Waals surface area contributed by atoms with Gasteiger partial charge in [0.05, 0.1) is 4.92 Å². The first-order chi connectivity index (χ1) is 11.5. The van der Waals surface area contributed by atoms with Gasteiger partial charge >= 0.3 is 0 Å². The number of hydrogen-bond acceptors (Lipinski definition) is 3. The Morgan fingerprint density at radius 1 is 1.04 bits per heavy atom. The van der Waals surface area contributed by atoms with Crippen molar-refractivity contribution in [3.05, 3.63) is 75.8 Å². The van der Waals surface area contributed by atoms with Gasteiger partial charge in [0, 0.05) is 24.2 Å². The molecule has 0 N–H and O–H groups in total. The Labute approximate surface area is 156 Å². The predicted octanol–water partition coefficient (Wildman–Crippen LogP) is 5.42. The third-order valence-electron chi connectivity index (χ3n) is 4.51. The summed E-state index contributed by atoms with van der Waals surface area (Å²) >= 11 is 0. The molecule has 136 valence electrons. The Balaban J connectivity index is 0.00000312. The second-order valence-electron chi connectivity index (χ2n) is 6.30. The quantitative estimate of drug-likeness (QED) is 0.465. The molecule has 5 heteroatoms. The number of rotatable bonds is 8. The highest BCUT2D eigenvalue weighted by atomic mass is 35.5. The minimum absolute atomic E-state index is 0. The molecule has 2 unspecified atom stereocenters. The van der Waals surface area contributed by atoms with Gasteiger partial charge in [0.2, 0.25) is 0 Å². The van der Waals surface area contributed by atoms with Crippen molar-refractivity contribution in [3.63, 3.8) is 0 Å². The van der Waals surface area contributed by atoms with Gasteiger partial charge in [0.15, 0.2) is 0 Å². The second-order valence-corrected chi connectivity index (χ2v) is 6.30. The Hall–Kier alpha value is -1.91. The fraction of sp³-hybridized carbons (Fsp3) is 0.400. The van der Waals surface area contributed by atoms with Crippen molar-refractivity contribution in [2.75, 3.05) is 6.54 Å². The van der Waals surface area contributed by atoms with Crippen LogP contribution in [-0.4, -0.2) is 22.4 Å². The predicted molar refractivity (Wildman–Crippen MR) is 105 cm³/mol. The topological polar surface area (TPSA) is 46.4 Å². The summed E-state index contributed by atoms with van der Waals surface area (Å²) < 4.78 is 0. The molecule has 2 atom stereocenters. The van der Waals surface area contributed by atoms with Gasteiger partial charge in [-0.2, -0.15) is 0 Å².